The van der Waals surface area contributed by atoms with Gasteiger partial charge in [-0.3, -0.25) is 0 Å². The summed E-state index contributed by atoms with van der Waals surface area (Å²) in [4.78, 5) is 11.0. The van der Waals surface area contributed by atoms with Crippen molar-refractivity contribution in [3.63, 3.8) is 0 Å². The van der Waals surface area contributed by atoms with E-state index in [4.69, 9.17) is 5.11 Å². The van der Waals surface area contributed by atoms with Gasteiger partial charge in [-0.1, -0.05) is 0 Å². The highest BCUT2D eigenvalue weighted by molar-refractivity contribution is 9.10. The molecule has 0 atom stereocenters. The average molecular weight is 264 g/mol. The Hall–Kier alpha value is -0.460. The second-order valence-electron chi connectivity index (χ2n) is 2.08. The molecule has 0 unspecified atom stereocenters. The normalized spacial score (nSPS) is 10.8. The van der Waals surface area contributed by atoms with E-state index >= 15 is 0 Å². The topological polar surface area (TPSA) is 50.2 Å². The van der Waals surface area contributed by atoms with Gasteiger partial charge in [0, 0.05) is 5.38 Å². The average Bonchev–Trinajstić information content (AvgIpc) is 2.53. The fraction of sp³-hybridized carbons (Fsp3) is 0. The summed E-state index contributed by atoms with van der Waals surface area (Å²) >= 11 is 5.71. The number of hydrogen-bond donors (Lipinski definition) is 1. The van der Waals surface area contributed by atoms with Gasteiger partial charge < -0.3 is 5.11 Å². The van der Waals surface area contributed by atoms with Gasteiger partial charge in [0.05, 0.1) is 9.17 Å². The minimum atomic E-state index is -0.906. The third-order valence-corrected chi connectivity index (χ3v) is 4.21. The predicted molar refractivity (Wildman–Crippen MR) is 52.2 cm³/mol. The molecule has 0 aliphatic rings. The zero-order valence-corrected chi connectivity index (χ0v) is 8.79. The fourth-order valence-electron chi connectivity index (χ4n) is 0.846. The van der Waals surface area contributed by atoms with Crippen LogP contribution in [-0.4, -0.2) is 15.4 Å². The first-order valence-corrected chi connectivity index (χ1v) is 5.40. The quantitative estimate of drug-likeness (QED) is 0.861. The maximum Gasteiger partial charge on any atom is 0.349 e. The van der Waals surface area contributed by atoms with Crippen molar-refractivity contribution in [1.29, 1.82) is 0 Å². The van der Waals surface area contributed by atoms with E-state index in [0.717, 1.165) is 26.2 Å². The van der Waals surface area contributed by atoms with Crippen molar-refractivity contribution < 1.29 is 9.90 Å². The van der Waals surface area contributed by atoms with Crippen LogP contribution in [0, 0.1) is 0 Å². The van der Waals surface area contributed by atoms with Gasteiger partial charge in [0.1, 0.15) is 5.52 Å². The Morgan fingerprint density at radius 2 is 2.42 bits per heavy atom. The molecular weight excluding hydrogens is 262 g/mol. The van der Waals surface area contributed by atoms with Gasteiger partial charge in [-0.25, -0.2) is 4.79 Å². The molecule has 2 aromatic heterocycles. The molecule has 6 heteroatoms. The molecule has 0 fully saturated rings. The van der Waals surface area contributed by atoms with E-state index in [1.165, 1.54) is 11.3 Å². The van der Waals surface area contributed by atoms with Crippen LogP contribution in [0.25, 0.3) is 10.2 Å². The van der Waals surface area contributed by atoms with E-state index in [-0.39, 0.29) is 0 Å². The fourth-order valence-corrected chi connectivity index (χ4v) is 3.40. The number of aromatic nitrogens is 1. The number of carbonyl (C=O) groups is 1. The number of fused-ring (bicyclic) bond motifs is 1. The molecule has 2 heterocycles. The molecule has 0 aromatic carbocycles. The van der Waals surface area contributed by atoms with Crippen LogP contribution in [0.5, 0.6) is 0 Å². The maximum atomic E-state index is 10.6. The molecule has 0 aliphatic carbocycles. The van der Waals surface area contributed by atoms with Gasteiger partial charge in [-0.15, -0.1) is 11.3 Å². The van der Waals surface area contributed by atoms with Crippen molar-refractivity contribution in [3.8, 4) is 0 Å². The summed E-state index contributed by atoms with van der Waals surface area (Å²) in [6, 6.07) is 0. The summed E-state index contributed by atoms with van der Waals surface area (Å²) in [6.07, 6.45) is 0. The van der Waals surface area contributed by atoms with Crippen molar-refractivity contribution in [1.82, 2.24) is 4.37 Å². The molecule has 62 valence electrons. The highest BCUT2D eigenvalue weighted by Gasteiger charge is 2.15. The lowest BCUT2D eigenvalue weighted by Gasteiger charge is -1.81. The summed E-state index contributed by atoms with van der Waals surface area (Å²) in [5.74, 6) is -0.906. The molecule has 0 aliphatic heterocycles. The van der Waals surface area contributed by atoms with Crippen molar-refractivity contribution in [2.24, 2.45) is 0 Å². The number of aromatic carboxylic acids is 1. The van der Waals surface area contributed by atoms with E-state index in [1.807, 2.05) is 5.38 Å². The van der Waals surface area contributed by atoms with Crippen LogP contribution in [0.15, 0.2) is 9.85 Å². The van der Waals surface area contributed by atoms with Crippen molar-refractivity contribution in [2.45, 2.75) is 0 Å². The monoisotopic (exact) mass is 263 g/mol. The minimum absolute atomic E-state index is 0.320. The maximum absolute atomic E-state index is 10.6. The number of carboxylic acid groups (broad SMARTS) is 1. The zero-order valence-electron chi connectivity index (χ0n) is 5.57. The van der Waals surface area contributed by atoms with E-state index < -0.39 is 5.97 Å². The second kappa shape index (κ2) is 2.79. The van der Waals surface area contributed by atoms with Gasteiger partial charge in [-0.2, -0.15) is 4.37 Å². The number of rotatable bonds is 1. The minimum Gasteiger partial charge on any atom is -0.477 e. The van der Waals surface area contributed by atoms with Crippen LogP contribution in [-0.2, 0) is 0 Å². The molecule has 0 spiro atoms. The van der Waals surface area contributed by atoms with E-state index in [0.29, 0.717) is 4.88 Å². The Balaban J connectivity index is 2.79. The van der Waals surface area contributed by atoms with Crippen LogP contribution >= 0.6 is 38.8 Å². The van der Waals surface area contributed by atoms with Gasteiger partial charge in [0.15, 0.2) is 4.88 Å². The third-order valence-electron chi connectivity index (χ3n) is 1.35. The van der Waals surface area contributed by atoms with Crippen molar-refractivity contribution in [2.75, 3.05) is 0 Å². The molecule has 0 bridgehead atoms. The number of hydrogen-bond acceptors (Lipinski definition) is 4. The SMILES string of the molecule is O=C(O)c1snc2c(Br)csc12. The molecule has 0 radical (unpaired) electrons. The molecule has 3 nitrogen and oxygen atoms in total. The van der Waals surface area contributed by atoms with Gasteiger partial charge >= 0.3 is 5.97 Å². The van der Waals surface area contributed by atoms with E-state index in [9.17, 15) is 4.79 Å². The van der Waals surface area contributed by atoms with Crippen LogP contribution in [0.3, 0.4) is 0 Å². The lowest BCUT2D eigenvalue weighted by Crippen LogP contribution is -1.90. The number of thiophene rings is 1. The first-order chi connectivity index (χ1) is 5.70. The number of carboxylic acids is 1. The smallest absolute Gasteiger partial charge is 0.349 e. The lowest BCUT2D eigenvalue weighted by molar-refractivity contribution is 0.0704. The third kappa shape index (κ3) is 1.07. The van der Waals surface area contributed by atoms with Gasteiger partial charge in [0.2, 0.25) is 0 Å². The molecule has 2 aromatic rings. The molecule has 0 saturated heterocycles. The summed E-state index contributed by atoms with van der Waals surface area (Å²) in [5.41, 5.74) is 0.752. The molecule has 2 rings (SSSR count). The Bertz CT molecular complexity index is 447. The van der Waals surface area contributed by atoms with Gasteiger partial charge in [0.25, 0.3) is 0 Å². The lowest BCUT2D eigenvalue weighted by atomic mass is 10.4. The molecule has 1 N–H and O–H groups in total. The predicted octanol–water partition coefficient (Wildman–Crippen LogP) is 2.82. The first-order valence-electron chi connectivity index (χ1n) is 2.96. The standard InChI is InChI=1S/C6H2BrNO2S2/c7-2-1-11-4-3(2)8-12-5(4)6(9)10/h1H,(H,9,10). The van der Waals surface area contributed by atoms with E-state index in [1.54, 1.807) is 0 Å². The van der Waals surface area contributed by atoms with Crippen LogP contribution < -0.4 is 0 Å². The summed E-state index contributed by atoms with van der Waals surface area (Å²) in [6.45, 7) is 0. The molecule has 12 heavy (non-hydrogen) atoms. The zero-order chi connectivity index (χ0) is 8.72. The largest absolute Gasteiger partial charge is 0.477 e. The summed E-state index contributed by atoms with van der Waals surface area (Å²) in [5, 5.41) is 10.6. The second-order valence-corrected chi connectivity index (χ2v) is 4.59. The highest BCUT2D eigenvalue weighted by Crippen LogP contribution is 2.34. The Morgan fingerprint density at radius 3 is 3.08 bits per heavy atom. The Labute approximate surface area is 83.9 Å². The summed E-state index contributed by atoms with van der Waals surface area (Å²) < 4.78 is 5.64. The Kier molecular flexibility index (Phi) is 1.90. The number of nitrogens with zero attached hydrogens (tertiary/aromatic N) is 1. The van der Waals surface area contributed by atoms with Crippen molar-refractivity contribution in [3.05, 3.63) is 14.7 Å². The molecule has 0 amide bonds. The summed E-state index contributed by atoms with van der Waals surface area (Å²) in [7, 11) is 0. The van der Waals surface area contributed by atoms with E-state index in [2.05, 4.69) is 20.3 Å². The van der Waals surface area contributed by atoms with Crippen LogP contribution in [0.4, 0.5) is 0 Å². The molecular formula is C6H2BrNO2S2. The highest BCUT2D eigenvalue weighted by atomic mass is 79.9. The van der Waals surface area contributed by atoms with Crippen LogP contribution in [0.2, 0.25) is 0 Å². The van der Waals surface area contributed by atoms with Gasteiger partial charge in [-0.05, 0) is 27.5 Å². The first kappa shape index (κ1) is 8.15. The van der Waals surface area contributed by atoms with Crippen molar-refractivity contribution >= 4 is 55.0 Å². The molecule has 0 saturated carbocycles. The van der Waals surface area contributed by atoms with Crippen LogP contribution in [0.1, 0.15) is 9.67 Å². The number of halogens is 1. The Morgan fingerprint density at radius 1 is 1.67 bits per heavy atom.